The first-order valence-corrected chi connectivity index (χ1v) is 8.36. The maximum atomic E-state index is 11.2. The summed E-state index contributed by atoms with van der Waals surface area (Å²) in [6.45, 7) is 4.10. The first kappa shape index (κ1) is 16.4. The molecule has 0 saturated heterocycles. The molecule has 0 aliphatic rings. The molecule has 0 unspecified atom stereocenters. The van der Waals surface area contributed by atoms with Crippen molar-refractivity contribution < 1.29 is 14.3 Å². The van der Waals surface area contributed by atoms with Gasteiger partial charge in [0.25, 0.3) is 0 Å². The second-order valence-electron chi connectivity index (χ2n) is 3.91. The fourth-order valence-corrected chi connectivity index (χ4v) is 3.06. The van der Waals surface area contributed by atoms with Crippen LogP contribution in [0.15, 0.2) is 23.1 Å². The van der Waals surface area contributed by atoms with Gasteiger partial charge in [-0.25, -0.2) is 4.79 Å². The van der Waals surface area contributed by atoms with Gasteiger partial charge >= 0.3 is 5.97 Å². The molecule has 0 bridgehead atoms. The first-order chi connectivity index (χ1) is 9.17. The Morgan fingerprint density at radius 3 is 2.84 bits per heavy atom. The minimum atomic E-state index is -0.335. The van der Waals surface area contributed by atoms with Gasteiger partial charge < -0.3 is 9.47 Å². The van der Waals surface area contributed by atoms with Crippen LogP contribution in [0.25, 0.3) is 0 Å². The molecule has 0 aliphatic heterocycles. The van der Waals surface area contributed by atoms with Crippen LogP contribution in [0.3, 0.4) is 0 Å². The SMILES string of the molecule is CCOC(=O)COc1ccc(SCCCBr)cc1C. The predicted molar refractivity (Wildman–Crippen MR) is 82.4 cm³/mol. The number of thioether (sulfide) groups is 1. The minimum Gasteiger partial charge on any atom is -0.482 e. The Bertz CT molecular complexity index is 410. The second kappa shape index (κ2) is 9.26. The average Bonchev–Trinajstić information content (AvgIpc) is 2.38. The first-order valence-electron chi connectivity index (χ1n) is 6.25. The van der Waals surface area contributed by atoms with Gasteiger partial charge in [0.15, 0.2) is 6.61 Å². The summed E-state index contributed by atoms with van der Waals surface area (Å²) in [4.78, 5) is 12.4. The summed E-state index contributed by atoms with van der Waals surface area (Å²) in [6.07, 6.45) is 1.14. The van der Waals surface area contributed by atoms with Gasteiger partial charge in [0, 0.05) is 10.2 Å². The van der Waals surface area contributed by atoms with E-state index in [1.165, 1.54) is 4.90 Å². The number of carbonyl (C=O) groups is 1. The Balaban J connectivity index is 2.49. The molecule has 0 aliphatic carbocycles. The number of carbonyl (C=O) groups excluding carboxylic acids is 1. The average molecular weight is 347 g/mol. The van der Waals surface area contributed by atoms with Crippen LogP contribution in [0.2, 0.25) is 0 Å². The summed E-state index contributed by atoms with van der Waals surface area (Å²) < 4.78 is 10.3. The number of ether oxygens (including phenoxy) is 2. The van der Waals surface area contributed by atoms with Gasteiger partial charge in [-0.1, -0.05) is 15.9 Å². The van der Waals surface area contributed by atoms with Crippen molar-refractivity contribution >= 4 is 33.7 Å². The Hall–Kier alpha value is -0.680. The maximum Gasteiger partial charge on any atom is 0.344 e. The van der Waals surface area contributed by atoms with E-state index >= 15 is 0 Å². The lowest BCUT2D eigenvalue weighted by molar-refractivity contribution is -0.145. The number of esters is 1. The number of hydrogen-bond acceptors (Lipinski definition) is 4. The van der Waals surface area contributed by atoms with Crippen molar-refractivity contribution in [3.05, 3.63) is 23.8 Å². The van der Waals surface area contributed by atoms with Crippen LogP contribution in [-0.2, 0) is 9.53 Å². The summed E-state index contributed by atoms with van der Waals surface area (Å²) in [5.41, 5.74) is 1.04. The molecule has 3 nitrogen and oxygen atoms in total. The second-order valence-corrected chi connectivity index (χ2v) is 5.87. The zero-order valence-corrected chi connectivity index (χ0v) is 13.7. The van der Waals surface area contributed by atoms with Crippen LogP contribution in [0.1, 0.15) is 18.9 Å². The summed E-state index contributed by atoms with van der Waals surface area (Å²) in [7, 11) is 0. The van der Waals surface area contributed by atoms with Crippen LogP contribution in [0.5, 0.6) is 5.75 Å². The zero-order valence-electron chi connectivity index (χ0n) is 11.3. The van der Waals surface area contributed by atoms with Crippen LogP contribution in [-0.4, -0.2) is 30.3 Å². The maximum absolute atomic E-state index is 11.2. The summed E-state index contributed by atoms with van der Waals surface area (Å²) >= 11 is 5.24. The third-order valence-corrected chi connectivity index (χ3v) is 3.98. The van der Waals surface area contributed by atoms with Crippen LogP contribution in [0.4, 0.5) is 0 Å². The lowest BCUT2D eigenvalue weighted by Gasteiger charge is -2.10. The highest BCUT2D eigenvalue weighted by Crippen LogP contribution is 2.26. The number of halogens is 1. The van der Waals surface area contributed by atoms with E-state index in [4.69, 9.17) is 9.47 Å². The van der Waals surface area contributed by atoms with Crippen LogP contribution < -0.4 is 4.74 Å². The monoisotopic (exact) mass is 346 g/mol. The van der Waals surface area contributed by atoms with Crippen LogP contribution >= 0.6 is 27.7 Å². The van der Waals surface area contributed by atoms with E-state index in [1.807, 2.05) is 30.8 Å². The standard InChI is InChI=1S/C14H19BrO3S/c1-3-17-14(16)10-18-13-6-5-12(9-11(13)2)19-8-4-7-15/h5-6,9H,3-4,7-8,10H2,1-2H3. The van der Waals surface area contributed by atoms with Gasteiger partial charge in [-0.2, -0.15) is 0 Å². The minimum absolute atomic E-state index is 0.0369. The molecule has 0 aromatic heterocycles. The molecule has 0 heterocycles. The van der Waals surface area contributed by atoms with E-state index in [0.717, 1.165) is 28.8 Å². The quantitative estimate of drug-likeness (QED) is 0.310. The molecular weight excluding hydrogens is 328 g/mol. The fraction of sp³-hybridized carbons (Fsp3) is 0.500. The Morgan fingerprint density at radius 1 is 1.42 bits per heavy atom. The predicted octanol–water partition coefficient (Wildman–Crippen LogP) is 3.81. The van der Waals surface area contributed by atoms with Gasteiger partial charge in [-0.05, 0) is 49.8 Å². The van der Waals surface area contributed by atoms with Gasteiger partial charge in [0.05, 0.1) is 6.61 Å². The van der Waals surface area contributed by atoms with Crippen molar-refractivity contribution in [3.63, 3.8) is 0 Å². The summed E-state index contributed by atoms with van der Waals surface area (Å²) in [5.74, 6) is 1.49. The van der Waals surface area contributed by atoms with Crippen molar-refractivity contribution in [1.29, 1.82) is 0 Å². The summed E-state index contributed by atoms with van der Waals surface area (Å²) in [5, 5.41) is 1.03. The number of aryl methyl sites for hydroxylation is 1. The van der Waals surface area contributed by atoms with E-state index in [1.54, 1.807) is 6.92 Å². The molecule has 5 heteroatoms. The Labute approximate surface area is 127 Å². The number of rotatable bonds is 8. The van der Waals surface area contributed by atoms with Crippen molar-refractivity contribution in [2.75, 3.05) is 24.3 Å². The molecule has 0 saturated carbocycles. The third-order valence-electron chi connectivity index (χ3n) is 2.34. The molecule has 19 heavy (non-hydrogen) atoms. The van der Waals surface area contributed by atoms with E-state index in [0.29, 0.717) is 6.61 Å². The van der Waals surface area contributed by atoms with E-state index in [-0.39, 0.29) is 12.6 Å². The van der Waals surface area contributed by atoms with Crippen molar-refractivity contribution in [3.8, 4) is 5.75 Å². The van der Waals surface area contributed by atoms with Gasteiger partial charge in [-0.15, -0.1) is 11.8 Å². The molecule has 0 radical (unpaired) electrons. The molecule has 1 aromatic rings. The molecule has 1 aromatic carbocycles. The lowest BCUT2D eigenvalue weighted by Crippen LogP contribution is -2.14. The van der Waals surface area contributed by atoms with E-state index in [2.05, 4.69) is 22.0 Å². The van der Waals surface area contributed by atoms with Gasteiger partial charge in [-0.3, -0.25) is 0 Å². The number of benzene rings is 1. The molecule has 0 amide bonds. The zero-order chi connectivity index (χ0) is 14.1. The molecular formula is C14H19BrO3S. The highest BCUT2D eigenvalue weighted by atomic mass is 79.9. The van der Waals surface area contributed by atoms with Crippen LogP contribution in [0, 0.1) is 6.92 Å². The lowest BCUT2D eigenvalue weighted by atomic mass is 10.2. The molecule has 0 spiro atoms. The smallest absolute Gasteiger partial charge is 0.344 e. The van der Waals surface area contributed by atoms with Gasteiger partial charge in [0.2, 0.25) is 0 Å². The molecule has 0 fully saturated rings. The molecule has 0 atom stereocenters. The van der Waals surface area contributed by atoms with Crippen molar-refractivity contribution in [2.24, 2.45) is 0 Å². The fourth-order valence-electron chi connectivity index (χ4n) is 1.46. The largest absolute Gasteiger partial charge is 0.482 e. The number of alkyl halides is 1. The Morgan fingerprint density at radius 2 is 2.21 bits per heavy atom. The van der Waals surface area contributed by atoms with Gasteiger partial charge in [0.1, 0.15) is 5.75 Å². The topological polar surface area (TPSA) is 35.5 Å². The highest BCUT2D eigenvalue weighted by Gasteiger charge is 2.06. The highest BCUT2D eigenvalue weighted by molar-refractivity contribution is 9.09. The number of hydrogen-bond donors (Lipinski definition) is 0. The van der Waals surface area contributed by atoms with Crippen molar-refractivity contribution in [2.45, 2.75) is 25.2 Å². The van der Waals surface area contributed by atoms with E-state index < -0.39 is 0 Å². The molecule has 106 valence electrons. The third kappa shape index (κ3) is 6.34. The van der Waals surface area contributed by atoms with E-state index in [9.17, 15) is 4.79 Å². The normalized spacial score (nSPS) is 10.3. The Kier molecular flexibility index (Phi) is 7.98. The summed E-state index contributed by atoms with van der Waals surface area (Å²) in [6, 6.07) is 6.01. The van der Waals surface area contributed by atoms with Crippen molar-refractivity contribution in [1.82, 2.24) is 0 Å². The molecule has 1 rings (SSSR count). The molecule has 0 N–H and O–H groups in total.